The molecule has 1 heterocycles. The zero-order chi connectivity index (χ0) is 20.8. The largest absolute Gasteiger partial charge is 0.493 e. The van der Waals surface area contributed by atoms with Gasteiger partial charge in [-0.05, 0) is 30.3 Å². The second-order valence-corrected chi connectivity index (χ2v) is 5.85. The number of ether oxygens (including phenoxy) is 2. The molecule has 0 unspecified atom stereocenters. The molecule has 0 bridgehead atoms. The fourth-order valence-corrected chi connectivity index (χ4v) is 2.62. The van der Waals surface area contributed by atoms with Gasteiger partial charge in [-0.25, -0.2) is 10.1 Å². The first-order valence-electron chi connectivity index (χ1n) is 8.53. The average molecular weight is 393 g/mol. The molecule has 0 saturated heterocycles. The zero-order valence-corrected chi connectivity index (χ0v) is 15.8. The summed E-state index contributed by atoms with van der Waals surface area (Å²) in [6.45, 7) is 0. The molecule has 3 N–H and O–H groups in total. The van der Waals surface area contributed by atoms with E-state index in [0.29, 0.717) is 22.8 Å². The second-order valence-electron chi connectivity index (χ2n) is 5.85. The Bertz CT molecular complexity index is 1060. The van der Waals surface area contributed by atoms with Crippen molar-refractivity contribution in [2.75, 3.05) is 14.2 Å². The van der Waals surface area contributed by atoms with Gasteiger partial charge in [-0.15, -0.1) is 0 Å². The van der Waals surface area contributed by atoms with E-state index in [9.17, 15) is 9.59 Å². The molecule has 2 aromatic carbocycles. The second kappa shape index (κ2) is 8.70. The molecule has 148 valence electrons. The summed E-state index contributed by atoms with van der Waals surface area (Å²) in [4.78, 5) is 22.2. The molecule has 9 nitrogen and oxygen atoms in total. The number of rotatable bonds is 6. The highest BCUT2D eigenvalue weighted by atomic mass is 16.5. The van der Waals surface area contributed by atoms with Crippen LogP contribution in [0.5, 0.6) is 11.5 Å². The average Bonchev–Trinajstić information content (AvgIpc) is 3.17. The normalized spacial score (nSPS) is 10.7. The van der Waals surface area contributed by atoms with Gasteiger partial charge < -0.3 is 15.2 Å². The molecule has 0 aliphatic carbocycles. The van der Waals surface area contributed by atoms with Crippen molar-refractivity contribution in [2.45, 2.75) is 0 Å². The smallest absolute Gasteiger partial charge is 0.329 e. The number of nitrogens with zero attached hydrogens (tertiary/aromatic N) is 3. The minimum absolute atomic E-state index is 0.546. The van der Waals surface area contributed by atoms with Crippen molar-refractivity contribution in [3.8, 4) is 28.4 Å². The zero-order valence-electron chi connectivity index (χ0n) is 15.8. The van der Waals surface area contributed by atoms with Crippen molar-refractivity contribution in [1.82, 2.24) is 15.2 Å². The third-order valence-corrected chi connectivity index (χ3v) is 4.01. The van der Waals surface area contributed by atoms with Gasteiger partial charge in [0.15, 0.2) is 11.5 Å². The number of hydrogen-bond acceptors (Lipinski definition) is 6. The van der Waals surface area contributed by atoms with E-state index in [1.54, 1.807) is 37.2 Å². The summed E-state index contributed by atoms with van der Waals surface area (Å²) in [5.41, 5.74) is 9.77. The number of nitrogens with one attached hydrogen (secondary N) is 1. The molecule has 3 rings (SSSR count). The van der Waals surface area contributed by atoms with Crippen molar-refractivity contribution in [3.05, 3.63) is 60.3 Å². The Hall–Kier alpha value is -4.14. The van der Waals surface area contributed by atoms with E-state index < -0.39 is 11.8 Å². The number of amides is 2. The van der Waals surface area contributed by atoms with Crippen molar-refractivity contribution >= 4 is 18.0 Å². The van der Waals surface area contributed by atoms with Crippen molar-refractivity contribution in [3.63, 3.8) is 0 Å². The third kappa shape index (κ3) is 4.41. The van der Waals surface area contributed by atoms with Gasteiger partial charge in [-0.1, -0.05) is 18.2 Å². The summed E-state index contributed by atoms with van der Waals surface area (Å²) in [5.74, 6) is -1.00. The first-order chi connectivity index (χ1) is 14.0. The predicted molar refractivity (Wildman–Crippen MR) is 107 cm³/mol. The molecule has 0 aliphatic heterocycles. The maximum absolute atomic E-state index is 11.3. The molecule has 0 aliphatic rings. The minimum atomic E-state index is -1.12. The number of benzene rings is 2. The fourth-order valence-electron chi connectivity index (χ4n) is 2.62. The lowest BCUT2D eigenvalue weighted by Crippen LogP contribution is -2.32. The van der Waals surface area contributed by atoms with Gasteiger partial charge in [0.2, 0.25) is 0 Å². The van der Waals surface area contributed by atoms with Crippen molar-refractivity contribution in [1.29, 1.82) is 0 Å². The quantitative estimate of drug-likeness (QED) is 0.373. The molecule has 29 heavy (non-hydrogen) atoms. The van der Waals surface area contributed by atoms with Gasteiger partial charge in [0, 0.05) is 17.3 Å². The van der Waals surface area contributed by atoms with E-state index in [4.69, 9.17) is 15.2 Å². The van der Waals surface area contributed by atoms with Gasteiger partial charge in [0.25, 0.3) is 0 Å². The Kier molecular flexibility index (Phi) is 5.88. The van der Waals surface area contributed by atoms with Gasteiger partial charge in [-0.3, -0.25) is 9.59 Å². The summed E-state index contributed by atoms with van der Waals surface area (Å²) >= 11 is 0. The van der Waals surface area contributed by atoms with Gasteiger partial charge in [0.1, 0.15) is 5.69 Å². The van der Waals surface area contributed by atoms with Gasteiger partial charge >= 0.3 is 11.8 Å². The molecule has 9 heteroatoms. The van der Waals surface area contributed by atoms with Gasteiger partial charge in [0.05, 0.1) is 26.1 Å². The number of aromatic nitrogens is 2. The lowest BCUT2D eigenvalue weighted by atomic mass is 10.1. The SMILES string of the molecule is COc1ccc(-c2nn(-c3ccccc3)cc2/C=N/NC(=O)C(N)=O)cc1OC. The first kappa shape index (κ1) is 19.6. The number of hydrazone groups is 1. The summed E-state index contributed by atoms with van der Waals surface area (Å²) in [6.07, 6.45) is 3.14. The standard InChI is InChI=1S/C20H19N5O4/c1-28-16-9-8-13(10-17(16)29-2)18-14(11-22-23-20(27)19(21)26)12-25(24-18)15-6-4-3-5-7-15/h3-12H,1-2H3,(H2,21,26)(H,23,27)/b22-11+. The number of methoxy groups -OCH3 is 2. The molecule has 0 atom stereocenters. The van der Waals surface area contributed by atoms with Crippen LogP contribution in [0, 0.1) is 0 Å². The van der Waals surface area contributed by atoms with Crippen LogP contribution in [-0.2, 0) is 9.59 Å². The van der Waals surface area contributed by atoms with Crippen LogP contribution in [-0.4, -0.2) is 42.0 Å². The summed E-state index contributed by atoms with van der Waals surface area (Å²) < 4.78 is 12.3. The lowest BCUT2D eigenvalue weighted by Gasteiger charge is -2.09. The van der Waals surface area contributed by atoms with Crippen molar-refractivity contribution < 1.29 is 19.1 Å². The van der Waals surface area contributed by atoms with Crippen LogP contribution in [0.3, 0.4) is 0 Å². The molecular weight excluding hydrogens is 374 g/mol. The minimum Gasteiger partial charge on any atom is -0.493 e. The van der Waals surface area contributed by atoms with Crippen molar-refractivity contribution in [2.24, 2.45) is 10.8 Å². The molecular formula is C20H19N5O4. The van der Waals surface area contributed by atoms with E-state index in [2.05, 4.69) is 15.6 Å². The number of primary amides is 1. The monoisotopic (exact) mass is 393 g/mol. The Labute approximate surface area is 166 Å². The maximum atomic E-state index is 11.3. The number of hydrogen-bond donors (Lipinski definition) is 2. The van der Waals surface area contributed by atoms with E-state index in [1.807, 2.05) is 36.4 Å². The van der Waals surface area contributed by atoms with Gasteiger partial charge in [-0.2, -0.15) is 10.2 Å². The number of para-hydroxylation sites is 1. The molecule has 1 aromatic heterocycles. The Morgan fingerprint density at radius 3 is 2.48 bits per heavy atom. The van der Waals surface area contributed by atoms with E-state index >= 15 is 0 Å². The first-order valence-corrected chi connectivity index (χ1v) is 8.53. The van der Waals surface area contributed by atoms with E-state index in [-0.39, 0.29) is 0 Å². The molecule has 0 saturated carbocycles. The van der Waals surface area contributed by atoms with Crippen LogP contribution in [0.25, 0.3) is 16.9 Å². The third-order valence-electron chi connectivity index (χ3n) is 4.01. The number of carbonyl (C=O) groups is 2. The Morgan fingerprint density at radius 1 is 1.10 bits per heavy atom. The van der Waals surface area contributed by atoms with Crippen LogP contribution < -0.4 is 20.6 Å². The van der Waals surface area contributed by atoms with Crippen LogP contribution in [0.4, 0.5) is 0 Å². The van der Waals surface area contributed by atoms with Crippen LogP contribution in [0.2, 0.25) is 0 Å². The van der Waals surface area contributed by atoms with Crippen LogP contribution >= 0.6 is 0 Å². The number of carbonyl (C=O) groups excluding carboxylic acids is 2. The molecule has 0 radical (unpaired) electrons. The number of nitrogens with two attached hydrogens (primary N) is 1. The molecule has 0 fully saturated rings. The summed E-state index contributed by atoms with van der Waals surface area (Å²) in [7, 11) is 3.10. The highest BCUT2D eigenvalue weighted by Crippen LogP contribution is 2.33. The summed E-state index contributed by atoms with van der Waals surface area (Å²) in [6, 6.07) is 14.9. The fraction of sp³-hybridized carbons (Fsp3) is 0.100. The van der Waals surface area contributed by atoms with Crippen LogP contribution in [0.15, 0.2) is 59.8 Å². The molecule has 2 amide bonds. The Balaban J connectivity index is 2.04. The highest BCUT2D eigenvalue weighted by Gasteiger charge is 2.14. The highest BCUT2D eigenvalue weighted by molar-refractivity contribution is 6.34. The van der Waals surface area contributed by atoms with Crippen LogP contribution in [0.1, 0.15) is 5.56 Å². The maximum Gasteiger partial charge on any atom is 0.329 e. The molecule has 0 spiro atoms. The lowest BCUT2D eigenvalue weighted by molar-refractivity contribution is -0.137. The van der Waals surface area contributed by atoms with E-state index in [0.717, 1.165) is 11.3 Å². The Morgan fingerprint density at radius 2 is 1.83 bits per heavy atom. The van der Waals surface area contributed by atoms with E-state index in [1.165, 1.54) is 6.21 Å². The topological polar surface area (TPSA) is 121 Å². The predicted octanol–water partition coefficient (Wildman–Crippen LogP) is 1.49. The summed E-state index contributed by atoms with van der Waals surface area (Å²) in [5, 5.41) is 8.44. The molecule has 3 aromatic rings.